The molecule has 2 aromatic rings. The highest BCUT2D eigenvalue weighted by molar-refractivity contribution is 9.11. The first-order chi connectivity index (χ1) is 9.60. The summed E-state index contributed by atoms with van der Waals surface area (Å²) in [6.45, 7) is 5.68. The molecule has 2 nitrogen and oxygen atoms in total. The van der Waals surface area contributed by atoms with E-state index in [0.717, 1.165) is 26.7 Å². The summed E-state index contributed by atoms with van der Waals surface area (Å²) in [4.78, 5) is 1.19. The molecule has 0 radical (unpaired) electrons. The molecule has 0 saturated heterocycles. The predicted molar refractivity (Wildman–Crippen MR) is 89.9 cm³/mol. The van der Waals surface area contributed by atoms with Gasteiger partial charge < -0.3 is 10.1 Å². The zero-order chi connectivity index (χ0) is 14.5. The number of hydrogen-bond acceptors (Lipinski definition) is 3. The van der Waals surface area contributed by atoms with Crippen LogP contribution in [0.4, 0.5) is 0 Å². The molecule has 108 valence electrons. The zero-order valence-electron chi connectivity index (χ0n) is 11.5. The van der Waals surface area contributed by atoms with Crippen molar-refractivity contribution in [2.45, 2.75) is 26.5 Å². The van der Waals surface area contributed by atoms with E-state index in [2.05, 4.69) is 41.2 Å². The highest BCUT2D eigenvalue weighted by Crippen LogP contribution is 2.30. The van der Waals surface area contributed by atoms with Gasteiger partial charge >= 0.3 is 0 Å². The van der Waals surface area contributed by atoms with Gasteiger partial charge in [-0.3, -0.25) is 0 Å². The van der Waals surface area contributed by atoms with Crippen molar-refractivity contribution in [3.05, 3.63) is 49.6 Å². The van der Waals surface area contributed by atoms with Gasteiger partial charge in [-0.2, -0.15) is 0 Å². The van der Waals surface area contributed by atoms with Crippen molar-refractivity contribution in [2.75, 3.05) is 6.54 Å². The maximum Gasteiger partial charge on any atom is 0.124 e. The quantitative estimate of drug-likeness (QED) is 0.729. The molecule has 0 aliphatic carbocycles. The van der Waals surface area contributed by atoms with Gasteiger partial charge in [0.1, 0.15) is 12.4 Å². The van der Waals surface area contributed by atoms with Gasteiger partial charge in [0.25, 0.3) is 0 Å². The molecular weight excluding hydrogens is 358 g/mol. The highest BCUT2D eigenvalue weighted by atomic mass is 79.9. The molecule has 20 heavy (non-hydrogen) atoms. The minimum absolute atomic E-state index is 0.212. The molecule has 1 N–H and O–H groups in total. The van der Waals surface area contributed by atoms with E-state index in [9.17, 15) is 0 Å². The summed E-state index contributed by atoms with van der Waals surface area (Å²) in [6.07, 6.45) is 0. The monoisotopic (exact) mass is 373 g/mol. The molecule has 5 heteroatoms. The van der Waals surface area contributed by atoms with E-state index >= 15 is 0 Å². The third-order valence-electron chi connectivity index (χ3n) is 2.95. The van der Waals surface area contributed by atoms with Gasteiger partial charge in [0, 0.05) is 21.5 Å². The van der Waals surface area contributed by atoms with Crippen LogP contribution in [-0.2, 0) is 6.61 Å². The third kappa shape index (κ3) is 4.22. The number of ether oxygens (including phenoxy) is 1. The van der Waals surface area contributed by atoms with E-state index in [1.165, 1.54) is 4.88 Å². The highest BCUT2D eigenvalue weighted by Gasteiger charge is 2.12. The Kier molecular flexibility index (Phi) is 5.90. The molecule has 1 atom stereocenters. The fourth-order valence-corrected chi connectivity index (χ4v) is 3.56. The summed E-state index contributed by atoms with van der Waals surface area (Å²) in [6, 6.07) is 10.1. The number of rotatable bonds is 6. The number of hydrogen-bond donors (Lipinski definition) is 1. The summed E-state index contributed by atoms with van der Waals surface area (Å²) in [5, 5.41) is 4.12. The molecule has 0 saturated carbocycles. The predicted octanol–water partition coefficient (Wildman–Crippen LogP) is 5.41. The van der Waals surface area contributed by atoms with Gasteiger partial charge in [-0.05, 0) is 59.7 Å². The summed E-state index contributed by atoms with van der Waals surface area (Å²) in [5.41, 5.74) is 1.09. The van der Waals surface area contributed by atoms with E-state index in [4.69, 9.17) is 16.3 Å². The fraction of sp³-hybridized carbons (Fsp3) is 0.333. The molecule has 0 aliphatic heterocycles. The van der Waals surface area contributed by atoms with Crippen molar-refractivity contribution in [1.29, 1.82) is 0 Å². The maximum absolute atomic E-state index is 6.09. The Morgan fingerprint density at radius 3 is 2.80 bits per heavy atom. The lowest BCUT2D eigenvalue weighted by molar-refractivity contribution is 0.303. The first-order valence-electron chi connectivity index (χ1n) is 6.50. The number of thiophene rings is 1. The SMILES string of the molecule is CCNC(C)c1cc(Cl)ccc1OCc1ccc(Br)s1. The van der Waals surface area contributed by atoms with Crippen molar-refractivity contribution in [1.82, 2.24) is 5.32 Å². The van der Waals surface area contributed by atoms with E-state index in [0.29, 0.717) is 6.61 Å². The molecule has 0 aliphatic rings. The van der Waals surface area contributed by atoms with Crippen molar-refractivity contribution in [3.63, 3.8) is 0 Å². The van der Waals surface area contributed by atoms with Crippen LogP contribution < -0.4 is 10.1 Å². The first kappa shape index (κ1) is 15.8. The van der Waals surface area contributed by atoms with Crippen molar-refractivity contribution in [3.8, 4) is 5.75 Å². The second-order valence-electron chi connectivity index (χ2n) is 4.46. The Bertz CT molecular complexity index is 573. The lowest BCUT2D eigenvalue weighted by atomic mass is 10.1. The molecule has 0 spiro atoms. The van der Waals surface area contributed by atoms with Gasteiger partial charge in [-0.25, -0.2) is 0 Å². The Morgan fingerprint density at radius 2 is 2.15 bits per heavy atom. The third-order valence-corrected chi connectivity index (χ3v) is 4.78. The van der Waals surface area contributed by atoms with Crippen LogP contribution in [0, 0.1) is 0 Å². The summed E-state index contributed by atoms with van der Waals surface area (Å²) >= 11 is 11.2. The molecule has 0 bridgehead atoms. The number of nitrogens with one attached hydrogen (secondary N) is 1. The molecule has 1 aromatic carbocycles. The van der Waals surface area contributed by atoms with E-state index in [1.807, 2.05) is 24.3 Å². The largest absolute Gasteiger partial charge is 0.488 e. The lowest BCUT2D eigenvalue weighted by Gasteiger charge is -2.17. The van der Waals surface area contributed by atoms with E-state index in [-0.39, 0.29) is 6.04 Å². The minimum Gasteiger partial charge on any atom is -0.488 e. The fourth-order valence-electron chi connectivity index (χ4n) is 1.98. The second-order valence-corrected chi connectivity index (χ2v) is 7.44. The lowest BCUT2D eigenvalue weighted by Crippen LogP contribution is -2.18. The van der Waals surface area contributed by atoms with Crippen LogP contribution in [-0.4, -0.2) is 6.54 Å². The van der Waals surface area contributed by atoms with E-state index < -0.39 is 0 Å². The topological polar surface area (TPSA) is 21.3 Å². The van der Waals surface area contributed by atoms with Crippen molar-refractivity contribution >= 4 is 38.9 Å². The number of benzene rings is 1. The van der Waals surface area contributed by atoms with Crippen LogP contribution in [0.2, 0.25) is 5.02 Å². The van der Waals surface area contributed by atoms with Crippen LogP contribution in [0.15, 0.2) is 34.1 Å². The minimum atomic E-state index is 0.212. The molecule has 0 amide bonds. The van der Waals surface area contributed by atoms with E-state index in [1.54, 1.807) is 11.3 Å². The Hall–Kier alpha value is -0.550. The summed E-state index contributed by atoms with van der Waals surface area (Å²) in [7, 11) is 0. The van der Waals surface area contributed by atoms with Crippen LogP contribution in [0.3, 0.4) is 0 Å². The smallest absolute Gasteiger partial charge is 0.124 e. The molecular formula is C15H17BrClNOS. The Balaban J connectivity index is 2.13. The van der Waals surface area contributed by atoms with Gasteiger partial charge in [-0.1, -0.05) is 18.5 Å². The van der Waals surface area contributed by atoms with Gasteiger partial charge in [0.05, 0.1) is 3.79 Å². The van der Waals surface area contributed by atoms with Crippen molar-refractivity contribution < 1.29 is 4.74 Å². The molecule has 1 aromatic heterocycles. The Morgan fingerprint density at radius 1 is 1.35 bits per heavy atom. The first-order valence-corrected chi connectivity index (χ1v) is 8.48. The summed E-state index contributed by atoms with van der Waals surface area (Å²) < 4.78 is 7.07. The van der Waals surface area contributed by atoms with Gasteiger partial charge in [0.15, 0.2) is 0 Å². The molecule has 0 fully saturated rings. The molecule has 1 heterocycles. The molecule has 2 rings (SSSR count). The van der Waals surface area contributed by atoms with Crippen molar-refractivity contribution in [2.24, 2.45) is 0 Å². The standard InChI is InChI=1S/C15H17BrClNOS/c1-3-18-10(2)13-8-11(17)4-6-14(13)19-9-12-5-7-15(16)20-12/h4-8,10,18H,3,9H2,1-2H3. The zero-order valence-corrected chi connectivity index (χ0v) is 14.6. The van der Waals surface area contributed by atoms with Gasteiger partial charge in [0.2, 0.25) is 0 Å². The Labute approximate surface area is 137 Å². The second kappa shape index (κ2) is 7.46. The average molecular weight is 375 g/mol. The maximum atomic E-state index is 6.09. The van der Waals surface area contributed by atoms with Crippen LogP contribution in [0.1, 0.15) is 30.3 Å². The molecule has 1 unspecified atom stereocenters. The van der Waals surface area contributed by atoms with Crippen LogP contribution in [0.5, 0.6) is 5.75 Å². The van der Waals surface area contributed by atoms with Crippen LogP contribution in [0.25, 0.3) is 0 Å². The summed E-state index contributed by atoms with van der Waals surface area (Å²) in [5.74, 6) is 0.882. The van der Waals surface area contributed by atoms with Gasteiger partial charge in [-0.15, -0.1) is 11.3 Å². The van der Waals surface area contributed by atoms with Crippen LogP contribution >= 0.6 is 38.9 Å². The number of halogens is 2. The normalized spacial score (nSPS) is 12.4. The average Bonchev–Trinajstić information content (AvgIpc) is 2.83.